The third kappa shape index (κ3) is 1.48. The van der Waals surface area contributed by atoms with Crippen LogP contribution in [-0.2, 0) is 20.8 Å². The third-order valence-electron chi connectivity index (χ3n) is 3.09. The molecule has 0 spiro atoms. The lowest BCUT2D eigenvalue weighted by atomic mass is 10.0. The van der Waals surface area contributed by atoms with Gasteiger partial charge in [-0.05, 0) is 13.0 Å². The van der Waals surface area contributed by atoms with Gasteiger partial charge in [0.1, 0.15) is 18.8 Å². The predicted octanol–water partition coefficient (Wildman–Crippen LogP) is 0.671. The van der Waals surface area contributed by atoms with Crippen LogP contribution in [0.5, 0.6) is 0 Å². The van der Waals surface area contributed by atoms with Crippen LogP contribution >= 0.6 is 0 Å². The molecule has 2 saturated heterocycles. The lowest BCUT2D eigenvalue weighted by Gasteiger charge is -2.39. The topological polar surface area (TPSA) is 61.1 Å². The molecule has 88 valence electrons. The first-order valence-corrected chi connectivity index (χ1v) is 5.33. The van der Waals surface area contributed by atoms with E-state index in [9.17, 15) is 5.11 Å². The van der Waals surface area contributed by atoms with Crippen molar-refractivity contribution >= 4 is 0 Å². The Kier molecular flexibility index (Phi) is 2.29. The van der Waals surface area contributed by atoms with E-state index in [1.54, 1.807) is 12.5 Å². The molecular weight excluding hydrogens is 212 g/mol. The summed E-state index contributed by atoms with van der Waals surface area (Å²) in [5.74, 6) is -1.14. The van der Waals surface area contributed by atoms with E-state index in [4.69, 9.17) is 18.6 Å². The smallest absolute Gasteiger partial charge is 0.219 e. The van der Waals surface area contributed by atoms with Gasteiger partial charge in [0.25, 0.3) is 0 Å². The van der Waals surface area contributed by atoms with Crippen LogP contribution in [0.3, 0.4) is 0 Å². The Morgan fingerprint density at radius 3 is 3.06 bits per heavy atom. The van der Waals surface area contributed by atoms with Gasteiger partial charge in [0.2, 0.25) is 5.79 Å². The first-order valence-electron chi connectivity index (χ1n) is 5.33. The summed E-state index contributed by atoms with van der Waals surface area (Å²) in [6.07, 6.45) is 2.48. The maximum absolute atomic E-state index is 9.90. The van der Waals surface area contributed by atoms with Gasteiger partial charge >= 0.3 is 0 Å². The van der Waals surface area contributed by atoms with Crippen LogP contribution in [0.2, 0.25) is 0 Å². The van der Waals surface area contributed by atoms with E-state index >= 15 is 0 Å². The molecule has 0 aliphatic carbocycles. The molecule has 16 heavy (non-hydrogen) atoms. The number of furan rings is 1. The number of fused-ring (bicyclic) bond motifs is 1. The minimum atomic E-state index is -1.14. The first-order chi connectivity index (χ1) is 7.69. The second-order valence-electron chi connectivity index (χ2n) is 4.31. The van der Waals surface area contributed by atoms with Gasteiger partial charge in [-0.1, -0.05) is 0 Å². The highest BCUT2D eigenvalue weighted by molar-refractivity contribution is 5.05. The Morgan fingerprint density at radius 1 is 1.62 bits per heavy atom. The highest BCUT2D eigenvalue weighted by Crippen LogP contribution is 2.40. The lowest BCUT2D eigenvalue weighted by molar-refractivity contribution is -0.334. The van der Waals surface area contributed by atoms with Crippen LogP contribution in [0, 0.1) is 0 Å². The second kappa shape index (κ2) is 3.56. The molecule has 5 nitrogen and oxygen atoms in total. The van der Waals surface area contributed by atoms with Crippen LogP contribution in [0.25, 0.3) is 0 Å². The minimum Gasteiger partial charge on any atom is -0.472 e. The number of hydrogen-bond acceptors (Lipinski definition) is 5. The van der Waals surface area contributed by atoms with Gasteiger partial charge in [0, 0.05) is 5.56 Å². The highest BCUT2D eigenvalue weighted by Gasteiger charge is 2.61. The minimum absolute atomic E-state index is 0.163. The lowest BCUT2D eigenvalue weighted by Crippen LogP contribution is -2.59. The number of rotatable bonds is 3. The van der Waals surface area contributed by atoms with E-state index in [0.717, 1.165) is 5.56 Å². The summed E-state index contributed by atoms with van der Waals surface area (Å²) in [5, 5.41) is 9.90. The molecule has 0 saturated carbocycles. The quantitative estimate of drug-likeness (QED) is 0.820. The molecule has 0 radical (unpaired) electrons. The van der Waals surface area contributed by atoms with E-state index in [-0.39, 0.29) is 24.9 Å². The van der Waals surface area contributed by atoms with Crippen molar-refractivity contribution in [2.75, 3.05) is 6.61 Å². The second-order valence-corrected chi connectivity index (χ2v) is 4.31. The fraction of sp³-hybridized carbons (Fsp3) is 0.636. The Labute approximate surface area is 92.9 Å². The molecule has 4 atom stereocenters. The Hall–Kier alpha value is -0.880. The van der Waals surface area contributed by atoms with Gasteiger partial charge in [-0.15, -0.1) is 0 Å². The van der Waals surface area contributed by atoms with Gasteiger partial charge in [-0.25, -0.2) is 0 Å². The van der Waals surface area contributed by atoms with E-state index in [0.29, 0.717) is 6.61 Å². The van der Waals surface area contributed by atoms with Gasteiger partial charge in [-0.2, -0.15) is 0 Å². The van der Waals surface area contributed by atoms with Gasteiger partial charge in [-0.3, -0.25) is 0 Å². The molecule has 0 amide bonds. The largest absolute Gasteiger partial charge is 0.472 e. The molecule has 3 rings (SSSR count). The molecule has 0 aromatic carbocycles. The SMILES string of the molecule is C[C@H]1O[C@@]2(O)CO[C@@H]2[C@H]1OCc1ccoc1. The zero-order valence-corrected chi connectivity index (χ0v) is 8.96. The van der Waals surface area contributed by atoms with Crippen molar-refractivity contribution in [3.05, 3.63) is 24.2 Å². The maximum atomic E-state index is 9.90. The number of hydrogen-bond donors (Lipinski definition) is 1. The summed E-state index contributed by atoms with van der Waals surface area (Å²) in [7, 11) is 0. The maximum Gasteiger partial charge on any atom is 0.219 e. The van der Waals surface area contributed by atoms with E-state index in [1.165, 1.54) is 0 Å². The Morgan fingerprint density at radius 2 is 2.50 bits per heavy atom. The van der Waals surface area contributed by atoms with Crippen LogP contribution in [0.15, 0.2) is 23.0 Å². The average molecular weight is 226 g/mol. The van der Waals surface area contributed by atoms with E-state index in [2.05, 4.69) is 0 Å². The van der Waals surface area contributed by atoms with Crippen molar-refractivity contribution < 1.29 is 23.7 Å². The van der Waals surface area contributed by atoms with Crippen LogP contribution < -0.4 is 0 Å². The molecule has 1 N–H and O–H groups in total. The monoisotopic (exact) mass is 226 g/mol. The van der Waals surface area contributed by atoms with E-state index < -0.39 is 5.79 Å². The van der Waals surface area contributed by atoms with Crippen LogP contribution in [-0.4, -0.2) is 35.8 Å². The fourth-order valence-corrected chi connectivity index (χ4v) is 2.20. The van der Waals surface area contributed by atoms with Crippen molar-refractivity contribution in [3.8, 4) is 0 Å². The zero-order chi connectivity index (χ0) is 11.2. The van der Waals surface area contributed by atoms with Crippen LogP contribution in [0.1, 0.15) is 12.5 Å². The van der Waals surface area contributed by atoms with Crippen molar-refractivity contribution in [1.29, 1.82) is 0 Å². The summed E-state index contributed by atoms with van der Waals surface area (Å²) in [6.45, 7) is 2.54. The van der Waals surface area contributed by atoms with Gasteiger partial charge in [0.15, 0.2) is 0 Å². The Bertz CT molecular complexity index is 362. The molecule has 2 aliphatic rings. The number of aliphatic hydroxyl groups is 1. The molecule has 0 unspecified atom stereocenters. The average Bonchev–Trinajstić information content (AvgIpc) is 2.79. The summed E-state index contributed by atoms with van der Waals surface area (Å²) < 4.78 is 21.3. The molecule has 2 fully saturated rings. The molecule has 0 bridgehead atoms. The number of ether oxygens (including phenoxy) is 3. The van der Waals surface area contributed by atoms with Gasteiger partial charge < -0.3 is 23.7 Å². The summed E-state index contributed by atoms with van der Waals surface area (Å²) in [4.78, 5) is 0. The van der Waals surface area contributed by atoms with Crippen molar-refractivity contribution in [2.24, 2.45) is 0 Å². The summed E-state index contributed by atoms with van der Waals surface area (Å²) in [5.41, 5.74) is 0.960. The highest BCUT2D eigenvalue weighted by atomic mass is 16.7. The van der Waals surface area contributed by atoms with Crippen molar-refractivity contribution in [1.82, 2.24) is 0 Å². The molecule has 2 aliphatic heterocycles. The molecule has 1 aromatic rings. The first kappa shape index (κ1) is 10.3. The normalized spacial score (nSPS) is 41.8. The summed E-state index contributed by atoms with van der Waals surface area (Å²) in [6, 6.07) is 1.84. The Balaban J connectivity index is 1.63. The van der Waals surface area contributed by atoms with Crippen molar-refractivity contribution in [3.63, 3.8) is 0 Å². The van der Waals surface area contributed by atoms with Crippen LogP contribution in [0.4, 0.5) is 0 Å². The predicted molar refractivity (Wildman–Crippen MR) is 52.5 cm³/mol. The molecule has 3 heterocycles. The summed E-state index contributed by atoms with van der Waals surface area (Å²) >= 11 is 0. The zero-order valence-electron chi connectivity index (χ0n) is 8.96. The third-order valence-corrected chi connectivity index (χ3v) is 3.09. The van der Waals surface area contributed by atoms with Crippen molar-refractivity contribution in [2.45, 2.75) is 37.6 Å². The molecular formula is C11H14O5. The molecule has 1 aromatic heterocycles. The van der Waals surface area contributed by atoms with Gasteiger partial charge in [0.05, 0.1) is 25.2 Å². The standard InChI is InChI=1S/C11H14O5/c1-7-9(10-11(12,16-7)6-15-10)14-5-8-2-3-13-4-8/h2-4,7,9-10,12H,5-6H2,1H3/t7-,9+,10-,11+/m1/s1. The fourth-order valence-electron chi connectivity index (χ4n) is 2.20. The molecule has 5 heteroatoms. The van der Waals surface area contributed by atoms with E-state index in [1.807, 2.05) is 13.0 Å².